The first kappa shape index (κ1) is 29.1. The Bertz CT molecular complexity index is 1000. The van der Waals surface area contributed by atoms with Gasteiger partial charge in [0.1, 0.15) is 12.3 Å². The zero-order chi connectivity index (χ0) is 26.3. The first-order chi connectivity index (χ1) is 17.3. The van der Waals surface area contributed by atoms with Crippen LogP contribution in [-0.4, -0.2) is 66.6 Å². The molecular weight excluding hydrogens is 490 g/mol. The molecule has 0 spiro atoms. The summed E-state index contributed by atoms with van der Waals surface area (Å²) in [4.78, 5) is 24.3. The van der Waals surface area contributed by atoms with Crippen molar-refractivity contribution >= 4 is 40.3 Å². The van der Waals surface area contributed by atoms with E-state index in [0.29, 0.717) is 43.9 Å². The summed E-state index contributed by atoms with van der Waals surface area (Å²) in [6.07, 6.45) is 0.791. The number of hydrogen-bond acceptors (Lipinski definition) is 10. The smallest absolute Gasteiger partial charge is 0.307 e. The number of nitrogens with zero attached hydrogens (tertiary/aromatic N) is 4. The Morgan fingerprint density at radius 1 is 1.22 bits per heavy atom. The normalized spacial score (nSPS) is 12.0. The first-order valence-corrected chi connectivity index (χ1v) is 12.1. The summed E-state index contributed by atoms with van der Waals surface area (Å²) in [5.41, 5.74) is 1.75. The van der Waals surface area contributed by atoms with Gasteiger partial charge in [-0.3, -0.25) is 14.9 Å². The van der Waals surface area contributed by atoms with Crippen LogP contribution in [0.1, 0.15) is 26.2 Å². The molecule has 0 aliphatic carbocycles. The standard InChI is InChI=1S/C24H32ClN5O6/c1-2-29(14-15-36-24(33)11-13-26-12-3-4-21(32)17-31)19-7-5-18(6-8-19)27-28-23-10-9-20(30(34)35)16-22(23)25/h5-10,16,21,26,31-32H,2-4,11-15,17H2,1H3/b28-27+. The van der Waals surface area contributed by atoms with Crippen molar-refractivity contribution in [2.24, 2.45) is 10.2 Å². The number of halogens is 1. The van der Waals surface area contributed by atoms with Gasteiger partial charge in [0.05, 0.1) is 41.3 Å². The lowest BCUT2D eigenvalue weighted by atomic mass is 10.2. The average molecular weight is 522 g/mol. The van der Waals surface area contributed by atoms with Gasteiger partial charge in [-0.05, 0) is 56.6 Å². The molecule has 0 aromatic heterocycles. The fourth-order valence-corrected chi connectivity index (χ4v) is 3.43. The molecule has 0 bridgehead atoms. The lowest BCUT2D eigenvalue weighted by molar-refractivity contribution is -0.384. The van der Waals surface area contributed by atoms with Gasteiger partial charge < -0.3 is 25.2 Å². The van der Waals surface area contributed by atoms with Gasteiger partial charge in [-0.15, -0.1) is 5.11 Å². The third kappa shape index (κ3) is 10.2. The summed E-state index contributed by atoms with van der Waals surface area (Å²) in [6, 6.07) is 11.3. The Labute approximate surface area is 214 Å². The molecule has 0 fully saturated rings. The van der Waals surface area contributed by atoms with Crippen LogP contribution in [0.5, 0.6) is 0 Å². The van der Waals surface area contributed by atoms with E-state index >= 15 is 0 Å². The maximum Gasteiger partial charge on any atom is 0.307 e. The van der Waals surface area contributed by atoms with Crippen LogP contribution < -0.4 is 10.2 Å². The Hall–Kier alpha value is -3.12. The molecule has 2 aromatic carbocycles. The Morgan fingerprint density at radius 2 is 1.97 bits per heavy atom. The van der Waals surface area contributed by atoms with Crippen molar-refractivity contribution in [3.63, 3.8) is 0 Å². The quantitative estimate of drug-likeness (QED) is 0.0980. The van der Waals surface area contributed by atoms with Crippen LogP contribution >= 0.6 is 11.6 Å². The van der Waals surface area contributed by atoms with E-state index in [9.17, 15) is 20.0 Å². The van der Waals surface area contributed by atoms with Crippen LogP contribution in [0.2, 0.25) is 5.02 Å². The number of carbonyl (C=O) groups excluding carboxylic acids is 1. The minimum atomic E-state index is -0.694. The van der Waals surface area contributed by atoms with Gasteiger partial charge in [-0.1, -0.05) is 11.6 Å². The average Bonchev–Trinajstić information content (AvgIpc) is 2.88. The van der Waals surface area contributed by atoms with Crippen molar-refractivity contribution in [2.45, 2.75) is 32.3 Å². The van der Waals surface area contributed by atoms with Gasteiger partial charge in [0.2, 0.25) is 0 Å². The molecule has 36 heavy (non-hydrogen) atoms. The largest absolute Gasteiger partial charge is 0.464 e. The number of carbonyl (C=O) groups is 1. The highest BCUT2D eigenvalue weighted by molar-refractivity contribution is 6.33. The first-order valence-electron chi connectivity index (χ1n) is 11.7. The van der Waals surface area contributed by atoms with Crippen LogP contribution in [0, 0.1) is 10.1 Å². The fraction of sp³-hybridized carbons (Fsp3) is 0.458. The van der Waals surface area contributed by atoms with E-state index in [1.165, 1.54) is 18.2 Å². The van der Waals surface area contributed by atoms with Gasteiger partial charge in [0, 0.05) is 30.9 Å². The predicted molar refractivity (Wildman–Crippen MR) is 137 cm³/mol. The number of rotatable bonds is 16. The minimum absolute atomic E-state index is 0.114. The number of nitro benzene ring substituents is 1. The van der Waals surface area contributed by atoms with Crippen LogP contribution in [-0.2, 0) is 9.53 Å². The van der Waals surface area contributed by atoms with Crippen LogP contribution in [0.4, 0.5) is 22.7 Å². The van der Waals surface area contributed by atoms with E-state index < -0.39 is 11.0 Å². The molecule has 1 unspecified atom stereocenters. The van der Waals surface area contributed by atoms with Gasteiger partial charge in [0.15, 0.2) is 0 Å². The summed E-state index contributed by atoms with van der Waals surface area (Å²) in [5.74, 6) is -0.283. The van der Waals surface area contributed by atoms with E-state index in [-0.39, 0.29) is 36.3 Å². The predicted octanol–water partition coefficient (Wildman–Crippen LogP) is 4.15. The van der Waals surface area contributed by atoms with Crippen molar-refractivity contribution in [1.29, 1.82) is 0 Å². The number of anilines is 1. The number of ether oxygens (including phenoxy) is 1. The lowest BCUT2D eigenvalue weighted by Crippen LogP contribution is -2.28. The molecule has 11 nitrogen and oxygen atoms in total. The zero-order valence-electron chi connectivity index (χ0n) is 20.2. The molecule has 196 valence electrons. The monoisotopic (exact) mass is 521 g/mol. The molecule has 1 atom stereocenters. The number of esters is 1. The molecule has 2 rings (SSSR count). The summed E-state index contributed by atoms with van der Waals surface area (Å²) >= 11 is 6.04. The Kier molecular flexibility index (Phi) is 12.8. The molecule has 12 heteroatoms. The van der Waals surface area contributed by atoms with Gasteiger partial charge in [-0.25, -0.2) is 0 Å². The van der Waals surface area contributed by atoms with E-state index in [1.54, 1.807) is 12.1 Å². The second-order valence-electron chi connectivity index (χ2n) is 7.89. The third-order valence-corrected chi connectivity index (χ3v) is 5.55. The minimum Gasteiger partial charge on any atom is -0.464 e. The SMILES string of the molecule is CCN(CCOC(=O)CCNCCCC(O)CO)c1ccc(/N=N/c2ccc([N+](=O)[O-])cc2Cl)cc1. The number of likely N-dealkylation sites (N-methyl/N-ethyl adjacent to an activating group) is 1. The topological polar surface area (TPSA) is 150 Å². The maximum absolute atomic E-state index is 11.9. The number of azo groups is 1. The van der Waals surface area contributed by atoms with Crippen molar-refractivity contribution in [3.8, 4) is 0 Å². The number of nitrogens with one attached hydrogen (secondary N) is 1. The highest BCUT2D eigenvalue weighted by Crippen LogP contribution is 2.30. The van der Waals surface area contributed by atoms with E-state index in [1.807, 2.05) is 19.1 Å². The fourth-order valence-electron chi connectivity index (χ4n) is 3.21. The Morgan fingerprint density at radius 3 is 2.61 bits per heavy atom. The van der Waals surface area contributed by atoms with Crippen molar-refractivity contribution in [1.82, 2.24) is 5.32 Å². The van der Waals surface area contributed by atoms with E-state index in [0.717, 1.165) is 12.2 Å². The molecule has 0 saturated carbocycles. The highest BCUT2D eigenvalue weighted by atomic mass is 35.5. The lowest BCUT2D eigenvalue weighted by Gasteiger charge is -2.23. The van der Waals surface area contributed by atoms with Crippen LogP contribution in [0.3, 0.4) is 0 Å². The molecule has 0 amide bonds. The number of non-ortho nitro benzene ring substituents is 1. The van der Waals surface area contributed by atoms with Crippen LogP contribution in [0.15, 0.2) is 52.7 Å². The molecule has 0 saturated heterocycles. The highest BCUT2D eigenvalue weighted by Gasteiger charge is 2.10. The van der Waals surface area contributed by atoms with Crippen molar-refractivity contribution in [2.75, 3.05) is 44.3 Å². The second kappa shape index (κ2) is 15.8. The maximum atomic E-state index is 11.9. The third-order valence-electron chi connectivity index (χ3n) is 5.24. The van der Waals surface area contributed by atoms with Crippen molar-refractivity contribution in [3.05, 3.63) is 57.6 Å². The second-order valence-corrected chi connectivity index (χ2v) is 8.30. The molecule has 0 radical (unpaired) electrons. The molecule has 0 aliphatic heterocycles. The molecule has 0 aliphatic rings. The molecular formula is C24H32ClN5O6. The van der Waals surface area contributed by atoms with Gasteiger partial charge in [-0.2, -0.15) is 5.11 Å². The molecule has 2 aromatic rings. The van der Waals surface area contributed by atoms with Gasteiger partial charge in [0.25, 0.3) is 5.69 Å². The Balaban J connectivity index is 1.75. The summed E-state index contributed by atoms with van der Waals surface area (Å²) in [7, 11) is 0. The molecule has 3 N–H and O–H groups in total. The number of nitro groups is 1. The number of aliphatic hydroxyl groups is 2. The summed E-state index contributed by atoms with van der Waals surface area (Å²) < 4.78 is 5.32. The number of benzene rings is 2. The van der Waals surface area contributed by atoms with Crippen molar-refractivity contribution < 1.29 is 24.7 Å². The zero-order valence-corrected chi connectivity index (χ0v) is 20.9. The number of hydrogen-bond donors (Lipinski definition) is 3. The number of aliphatic hydroxyl groups excluding tert-OH is 2. The van der Waals surface area contributed by atoms with Crippen LogP contribution in [0.25, 0.3) is 0 Å². The summed E-state index contributed by atoms with van der Waals surface area (Å²) in [5, 5.41) is 40.3. The van der Waals surface area contributed by atoms with E-state index in [4.69, 9.17) is 21.4 Å². The van der Waals surface area contributed by atoms with Gasteiger partial charge >= 0.3 is 5.97 Å². The van der Waals surface area contributed by atoms with E-state index in [2.05, 4.69) is 20.4 Å². The molecule has 0 heterocycles. The summed E-state index contributed by atoms with van der Waals surface area (Å²) in [6.45, 7) is 4.43.